The quantitative estimate of drug-likeness (QED) is 0.153. The molecule has 4 nitrogen and oxygen atoms in total. The van der Waals surface area contributed by atoms with E-state index < -0.39 is 11.7 Å². The lowest BCUT2D eigenvalue weighted by Crippen LogP contribution is -2.50. The van der Waals surface area contributed by atoms with E-state index in [0.717, 1.165) is 52.4 Å². The number of para-hydroxylation sites is 1. The maximum absolute atomic E-state index is 14.1. The Morgan fingerprint density at radius 1 is 0.625 bits per heavy atom. The molecular weight excluding hydrogens is 605 g/mol. The molecule has 5 rings (SSSR count). The Balaban J connectivity index is 1.68. The summed E-state index contributed by atoms with van der Waals surface area (Å²) in [4.78, 5) is 15.0. The van der Waals surface area contributed by atoms with Gasteiger partial charge < -0.3 is 9.80 Å². The van der Waals surface area contributed by atoms with E-state index in [9.17, 15) is 13.2 Å². The van der Waals surface area contributed by atoms with E-state index in [4.69, 9.17) is 9.98 Å². The monoisotopic (exact) mass is 652 g/mol. The number of hydrogen-bond acceptors (Lipinski definition) is 2. The molecule has 0 aromatic heterocycles. The first-order valence-corrected chi connectivity index (χ1v) is 16.9. The molecule has 4 aromatic rings. The van der Waals surface area contributed by atoms with Crippen LogP contribution in [0.5, 0.6) is 0 Å². The fourth-order valence-corrected chi connectivity index (χ4v) is 6.65. The largest absolute Gasteiger partial charge is 0.416 e. The Morgan fingerprint density at radius 2 is 1.15 bits per heavy atom. The molecule has 7 heteroatoms. The molecule has 4 aromatic carbocycles. The van der Waals surface area contributed by atoms with Crippen molar-refractivity contribution in [3.8, 4) is 0 Å². The molecule has 0 N–H and O–H groups in total. The number of rotatable bonds is 6. The van der Waals surface area contributed by atoms with Gasteiger partial charge in [0.2, 0.25) is 0 Å². The summed E-state index contributed by atoms with van der Waals surface area (Å²) in [5.74, 6) is 1.93. The second-order valence-electron chi connectivity index (χ2n) is 13.7. The highest BCUT2D eigenvalue weighted by molar-refractivity contribution is 6.03. The van der Waals surface area contributed by atoms with Gasteiger partial charge in [-0.2, -0.15) is 13.2 Å². The van der Waals surface area contributed by atoms with Gasteiger partial charge in [0.1, 0.15) is 11.7 Å². The summed E-state index contributed by atoms with van der Waals surface area (Å²) in [6.45, 7) is 18.4. The zero-order valence-corrected chi connectivity index (χ0v) is 29.4. The summed E-state index contributed by atoms with van der Waals surface area (Å²) in [7, 11) is 0. The fraction of sp³-hybridized carbons (Fsp3) is 0.366. The van der Waals surface area contributed by atoms with E-state index in [1.54, 1.807) is 6.92 Å². The third-order valence-electron chi connectivity index (χ3n) is 8.90. The summed E-state index contributed by atoms with van der Waals surface area (Å²) >= 11 is 0. The average Bonchev–Trinajstić information content (AvgIpc) is 3.02. The molecule has 0 bridgehead atoms. The number of amidine groups is 2. The highest BCUT2D eigenvalue weighted by Gasteiger charge is 2.33. The van der Waals surface area contributed by atoms with Gasteiger partial charge in [-0.15, -0.1) is 0 Å². The predicted molar refractivity (Wildman–Crippen MR) is 193 cm³/mol. The van der Waals surface area contributed by atoms with Gasteiger partial charge in [0.25, 0.3) is 0 Å². The van der Waals surface area contributed by atoms with Crippen molar-refractivity contribution in [2.45, 2.75) is 79.8 Å². The van der Waals surface area contributed by atoms with Gasteiger partial charge >= 0.3 is 6.18 Å². The number of hydrogen-bond donors (Lipinski definition) is 0. The highest BCUT2D eigenvalue weighted by Crippen LogP contribution is 2.36. The van der Waals surface area contributed by atoms with E-state index in [-0.39, 0.29) is 11.8 Å². The van der Waals surface area contributed by atoms with Crippen LogP contribution in [0.25, 0.3) is 0 Å². The number of benzene rings is 4. The smallest absolute Gasteiger partial charge is 0.338 e. The van der Waals surface area contributed by atoms with Crippen LogP contribution in [0, 0.1) is 27.7 Å². The molecule has 1 saturated heterocycles. The van der Waals surface area contributed by atoms with Crippen LogP contribution >= 0.6 is 0 Å². The molecule has 0 spiro atoms. The number of aliphatic imine (C=N–C) groups is 2. The van der Waals surface area contributed by atoms with E-state index in [2.05, 4.69) is 80.0 Å². The number of halogens is 3. The fourth-order valence-electron chi connectivity index (χ4n) is 6.65. The van der Waals surface area contributed by atoms with Gasteiger partial charge in [-0.3, -0.25) is 0 Å². The minimum Gasteiger partial charge on any atom is -0.338 e. The number of alkyl halides is 3. The van der Waals surface area contributed by atoms with Crippen molar-refractivity contribution < 1.29 is 13.2 Å². The lowest BCUT2D eigenvalue weighted by molar-refractivity contribution is -0.137. The second-order valence-corrected chi connectivity index (χ2v) is 13.7. The van der Waals surface area contributed by atoms with Crippen molar-refractivity contribution in [3.63, 3.8) is 0 Å². The molecule has 0 amide bonds. The summed E-state index contributed by atoms with van der Waals surface area (Å²) in [6, 6.07) is 25.0. The Morgan fingerprint density at radius 3 is 1.69 bits per heavy atom. The molecule has 0 atom stereocenters. The molecule has 0 saturated carbocycles. The summed E-state index contributed by atoms with van der Waals surface area (Å²) in [6.07, 6.45) is -3.68. The van der Waals surface area contributed by atoms with Crippen molar-refractivity contribution in [2.24, 2.45) is 9.98 Å². The molecule has 1 aliphatic rings. The van der Waals surface area contributed by atoms with Crippen molar-refractivity contribution >= 4 is 23.0 Å². The van der Waals surface area contributed by atoms with Crippen LogP contribution in [0.2, 0.25) is 0 Å². The Bertz CT molecular complexity index is 1770. The Labute approximate surface area is 284 Å². The van der Waals surface area contributed by atoms with Gasteiger partial charge in [-0.1, -0.05) is 93.9 Å². The summed E-state index contributed by atoms with van der Waals surface area (Å²) in [5.41, 5.74) is 8.56. The first-order chi connectivity index (χ1) is 22.7. The normalized spacial score (nSPS) is 14.8. The number of nitrogens with zero attached hydrogens (tertiary/aromatic N) is 4. The van der Waals surface area contributed by atoms with Crippen molar-refractivity contribution in [3.05, 3.63) is 129 Å². The minimum absolute atomic E-state index is 0.279. The zero-order valence-electron chi connectivity index (χ0n) is 29.4. The molecule has 0 radical (unpaired) electrons. The third-order valence-corrected chi connectivity index (χ3v) is 8.90. The van der Waals surface area contributed by atoms with Gasteiger partial charge in [-0.05, 0) is 92.0 Å². The van der Waals surface area contributed by atoms with Gasteiger partial charge in [-0.25, -0.2) is 9.98 Å². The zero-order chi connectivity index (χ0) is 34.7. The van der Waals surface area contributed by atoms with Crippen LogP contribution in [0.1, 0.15) is 96.0 Å². The van der Waals surface area contributed by atoms with E-state index in [1.807, 2.05) is 45.0 Å². The van der Waals surface area contributed by atoms with Crippen molar-refractivity contribution in [2.75, 3.05) is 19.8 Å². The minimum atomic E-state index is -4.47. The maximum atomic E-state index is 14.1. The first-order valence-electron chi connectivity index (χ1n) is 16.9. The van der Waals surface area contributed by atoms with E-state index >= 15 is 0 Å². The van der Waals surface area contributed by atoms with E-state index in [1.165, 1.54) is 23.3 Å². The standard InChI is InChI=1S/C41H47F3N4/c1-26(2)35-16-12-17-36(27(3)4)38(35)46-39(32-14-10-9-11-15-32)47-18-13-19-48(25-47)40(45-37-30(7)20-28(5)21-31(37)8)33-22-29(6)23-34(24-33)41(42,43)44/h9-12,14-17,20-24,26-27H,13,18-19,25H2,1-8H3. The van der Waals surface area contributed by atoms with E-state index in [0.29, 0.717) is 30.2 Å². The molecule has 1 heterocycles. The Hall–Kier alpha value is -4.39. The first kappa shape index (κ1) is 34.9. The highest BCUT2D eigenvalue weighted by atomic mass is 19.4. The molecule has 252 valence electrons. The average molecular weight is 653 g/mol. The van der Waals surface area contributed by atoms with Gasteiger partial charge in [0.15, 0.2) is 0 Å². The lowest BCUT2D eigenvalue weighted by Gasteiger charge is -2.39. The van der Waals surface area contributed by atoms with Crippen LogP contribution in [-0.2, 0) is 6.18 Å². The van der Waals surface area contributed by atoms with Gasteiger partial charge in [0, 0.05) is 24.2 Å². The molecule has 0 aliphatic carbocycles. The van der Waals surface area contributed by atoms with Gasteiger partial charge in [0.05, 0.1) is 23.6 Å². The molecule has 1 aliphatic heterocycles. The lowest BCUT2D eigenvalue weighted by atomic mass is 9.93. The topological polar surface area (TPSA) is 31.2 Å². The van der Waals surface area contributed by atoms with Crippen molar-refractivity contribution in [1.82, 2.24) is 9.80 Å². The Kier molecular flexibility index (Phi) is 10.5. The molecule has 1 fully saturated rings. The number of aryl methyl sites for hydroxylation is 4. The molecule has 0 unspecified atom stereocenters. The van der Waals surface area contributed by atoms with Crippen LogP contribution in [-0.4, -0.2) is 41.2 Å². The third kappa shape index (κ3) is 7.83. The maximum Gasteiger partial charge on any atom is 0.416 e. The second kappa shape index (κ2) is 14.4. The molecule has 48 heavy (non-hydrogen) atoms. The molecular formula is C41H47F3N4. The van der Waals surface area contributed by atoms with Crippen LogP contribution in [0.15, 0.2) is 88.8 Å². The van der Waals surface area contributed by atoms with Crippen LogP contribution < -0.4 is 0 Å². The SMILES string of the molecule is Cc1cc(C(=Nc2c(C)cc(C)cc2C)N2CCCN(C(=Nc3c(C(C)C)cccc3C(C)C)c3ccccc3)C2)cc(C(F)(F)F)c1. The van der Waals surface area contributed by atoms with Crippen LogP contribution in [0.4, 0.5) is 24.5 Å². The van der Waals surface area contributed by atoms with Crippen LogP contribution in [0.3, 0.4) is 0 Å². The van der Waals surface area contributed by atoms with Crippen molar-refractivity contribution in [1.29, 1.82) is 0 Å². The summed E-state index contributed by atoms with van der Waals surface area (Å²) in [5, 5.41) is 0. The summed E-state index contributed by atoms with van der Waals surface area (Å²) < 4.78 is 42.4. The predicted octanol–water partition coefficient (Wildman–Crippen LogP) is 11.0.